The van der Waals surface area contributed by atoms with E-state index in [9.17, 15) is 8.42 Å². The Balaban J connectivity index is 1.27. The summed E-state index contributed by atoms with van der Waals surface area (Å²) in [5, 5.41) is 0. The molecule has 2 atom stereocenters. The minimum absolute atomic E-state index is 0.0945. The van der Waals surface area contributed by atoms with Crippen LogP contribution in [0, 0.1) is 16.7 Å². The van der Waals surface area contributed by atoms with Gasteiger partial charge in [-0.05, 0) is 54.2 Å². The lowest BCUT2D eigenvalue weighted by Crippen LogP contribution is -2.50. The molecule has 2 unspecified atom stereocenters. The first-order valence-electron chi connectivity index (χ1n) is 9.68. The van der Waals surface area contributed by atoms with E-state index in [2.05, 4.69) is 49.9 Å². The number of sulfone groups is 1. The van der Waals surface area contributed by atoms with Crippen molar-refractivity contribution in [3.8, 4) is 0 Å². The van der Waals surface area contributed by atoms with Crippen LogP contribution in [0.15, 0.2) is 24.3 Å². The van der Waals surface area contributed by atoms with Gasteiger partial charge in [0, 0.05) is 18.5 Å². The molecule has 1 aromatic carbocycles. The molecule has 2 heterocycles. The molecule has 2 saturated heterocycles. The maximum Gasteiger partial charge on any atom is 0.151 e. The molecule has 4 rings (SSSR count). The Morgan fingerprint density at radius 2 is 1.84 bits per heavy atom. The molecule has 0 aromatic heterocycles. The van der Waals surface area contributed by atoms with Crippen molar-refractivity contribution >= 4 is 9.84 Å². The van der Waals surface area contributed by atoms with Gasteiger partial charge in [-0.3, -0.25) is 0 Å². The van der Waals surface area contributed by atoms with Crippen molar-refractivity contribution in [3.63, 3.8) is 0 Å². The second kappa shape index (κ2) is 5.82. The standard InChI is InChI=1S/C21H31NO2S/c1-16(12-22-9-8-21(13-22)14-25(23,24)15-21)10-17-4-6-18(7-5-17)19-11-20(19,2)3/h4-7,16,19H,8-15H2,1-3H3. The zero-order valence-electron chi connectivity index (χ0n) is 15.8. The Kier molecular flexibility index (Phi) is 4.08. The van der Waals surface area contributed by atoms with Gasteiger partial charge >= 0.3 is 0 Å². The van der Waals surface area contributed by atoms with Crippen molar-refractivity contribution in [1.82, 2.24) is 4.90 Å². The van der Waals surface area contributed by atoms with Crippen LogP contribution >= 0.6 is 0 Å². The molecule has 3 fully saturated rings. The van der Waals surface area contributed by atoms with E-state index in [1.54, 1.807) is 0 Å². The fraction of sp³-hybridized carbons (Fsp3) is 0.714. The molecule has 3 aliphatic rings. The van der Waals surface area contributed by atoms with E-state index in [1.165, 1.54) is 17.5 Å². The van der Waals surface area contributed by atoms with Crippen molar-refractivity contribution in [2.45, 2.75) is 46.0 Å². The van der Waals surface area contributed by atoms with Gasteiger partial charge in [0.05, 0.1) is 11.5 Å². The molecule has 0 N–H and O–H groups in total. The molecule has 1 spiro atoms. The number of hydrogen-bond acceptors (Lipinski definition) is 3. The van der Waals surface area contributed by atoms with Gasteiger partial charge in [0.1, 0.15) is 0 Å². The molecule has 1 aromatic rings. The summed E-state index contributed by atoms with van der Waals surface area (Å²) in [7, 11) is -2.71. The first-order valence-corrected chi connectivity index (χ1v) is 11.5. The van der Waals surface area contributed by atoms with Gasteiger partial charge in [-0.15, -0.1) is 0 Å². The number of nitrogens with zero attached hydrogens (tertiary/aromatic N) is 1. The molecule has 4 heteroatoms. The Bertz CT molecular complexity index is 739. The van der Waals surface area contributed by atoms with Crippen LogP contribution in [0.3, 0.4) is 0 Å². The Morgan fingerprint density at radius 1 is 1.20 bits per heavy atom. The van der Waals surface area contributed by atoms with E-state index in [-0.39, 0.29) is 5.41 Å². The Morgan fingerprint density at radius 3 is 2.40 bits per heavy atom. The summed E-state index contributed by atoms with van der Waals surface area (Å²) in [5.74, 6) is 2.20. The third kappa shape index (κ3) is 3.66. The van der Waals surface area contributed by atoms with E-state index in [0.717, 1.165) is 38.4 Å². The van der Waals surface area contributed by atoms with Crippen molar-refractivity contribution in [2.24, 2.45) is 16.7 Å². The van der Waals surface area contributed by atoms with Crippen LogP contribution in [0.1, 0.15) is 50.7 Å². The smallest absolute Gasteiger partial charge is 0.151 e. The highest BCUT2D eigenvalue weighted by atomic mass is 32.2. The molecule has 138 valence electrons. The fourth-order valence-electron chi connectivity index (χ4n) is 5.14. The van der Waals surface area contributed by atoms with Crippen LogP contribution in [0.4, 0.5) is 0 Å². The van der Waals surface area contributed by atoms with E-state index in [0.29, 0.717) is 22.8 Å². The molecular weight excluding hydrogens is 330 g/mol. The second-order valence-corrected chi connectivity index (χ2v) is 11.9. The van der Waals surface area contributed by atoms with E-state index in [1.807, 2.05) is 0 Å². The average Bonchev–Trinajstić information content (AvgIpc) is 2.93. The Labute approximate surface area is 152 Å². The zero-order valence-corrected chi connectivity index (χ0v) is 16.6. The SMILES string of the molecule is CC(Cc1ccc(C2CC2(C)C)cc1)CN1CCC2(C1)CS(=O)(=O)C2. The molecule has 3 nitrogen and oxygen atoms in total. The minimum atomic E-state index is -2.71. The van der Waals surface area contributed by atoms with Gasteiger partial charge < -0.3 is 4.90 Å². The summed E-state index contributed by atoms with van der Waals surface area (Å²) in [6.45, 7) is 10.1. The van der Waals surface area contributed by atoms with E-state index < -0.39 is 9.84 Å². The number of likely N-dealkylation sites (tertiary alicyclic amines) is 1. The first-order chi connectivity index (χ1) is 11.7. The normalized spacial score (nSPS) is 30.1. The summed E-state index contributed by atoms with van der Waals surface area (Å²) < 4.78 is 23.0. The molecule has 1 aliphatic carbocycles. The lowest BCUT2D eigenvalue weighted by Gasteiger charge is -2.37. The van der Waals surface area contributed by atoms with Gasteiger partial charge in [-0.2, -0.15) is 0 Å². The van der Waals surface area contributed by atoms with Crippen LogP contribution < -0.4 is 0 Å². The number of hydrogen-bond donors (Lipinski definition) is 0. The lowest BCUT2D eigenvalue weighted by atomic mass is 9.91. The zero-order chi connectivity index (χ0) is 17.9. The highest BCUT2D eigenvalue weighted by molar-refractivity contribution is 7.92. The van der Waals surface area contributed by atoms with Gasteiger partial charge in [-0.1, -0.05) is 45.0 Å². The van der Waals surface area contributed by atoms with Crippen LogP contribution in [0.2, 0.25) is 0 Å². The van der Waals surface area contributed by atoms with Crippen molar-refractivity contribution in [1.29, 1.82) is 0 Å². The predicted octanol–water partition coefficient (Wildman–Crippen LogP) is 3.50. The van der Waals surface area contributed by atoms with Crippen LogP contribution in [-0.4, -0.2) is 44.5 Å². The predicted molar refractivity (Wildman–Crippen MR) is 103 cm³/mol. The molecule has 0 amide bonds. The fourth-order valence-corrected chi connectivity index (χ4v) is 7.39. The summed E-state index contributed by atoms with van der Waals surface area (Å²) in [6.07, 6.45) is 3.48. The maximum atomic E-state index is 11.5. The molecular formula is C21H31NO2S. The molecule has 1 saturated carbocycles. The summed E-state index contributed by atoms with van der Waals surface area (Å²) >= 11 is 0. The number of rotatable bonds is 5. The molecule has 0 radical (unpaired) electrons. The average molecular weight is 362 g/mol. The van der Waals surface area contributed by atoms with E-state index >= 15 is 0 Å². The first kappa shape index (κ1) is 17.5. The summed E-state index contributed by atoms with van der Waals surface area (Å²) in [4.78, 5) is 2.49. The van der Waals surface area contributed by atoms with Crippen molar-refractivity contribution < 1.29 is 8.42 Å². The molecule has 25 heavy (non-hydrogen) atoms. The van der Waals surface area contributed by atoms with Gasteiger partial charge in [0.15, 0.2) is 9.84 Å². The minimum Gasteiger partial charge on any atom is -0.302 e. The van der Waals surface area contributed by atoms with Crippen molar-refractivity contribution in [3.05, 3.63) is 35.4 Å². The Hall–Kier alpha value is -0.870. The van der Waals surface area contributed by atoms with E-state index in [4.69, 9.17) is 0 Å². The molecule has 0 bridgehead atoms. The highest BCUT2D eigenvalue weighted by Gasteiger charge is 2.52. The lowest BCUT2D eigenvalue weighted by molar-refractivity contribution is 0.249. The van der Waals surface area contributed by atoms with Crippen LogP contribution in [0.25, 0.3) is 0 Å². The van der Waals surface area contributed by atoms with Crippen LogP contribution in [-0.2, 0) is 16.3 Å². The number of benzene rings is 1. The quantitative estimate of drug-likeness (QED) is 0.805. The third-order valence-corrected chi connectivity index (χ3v) is 8.72. The summed E-state index contributed by atoms with van der Waals surface area (Å²) in [6, 6.07) is 9.27. The summed E-state index contributed by atoms with van der Waals surface area (Å²) in [5.41, 5.74) is 3.51. The maximum absolute atomic E-state index is 11.5. The second-order valence-electron chi connectivity index (χ2n) is 9.81. The molecule has 2 aliphatic heterocycles. The monoisotopic (exact) mass is 361 g/mol. The van der Waals surface area contributed by atoms with Gasteiger partial charge in [0.2, 0.25) is 0 Å². The third-order valence-electron chi connectivity index (χ3n) is 6.62. The van der Waals surface area contributed by atoms with Gasteiger partial charge in [0.25, 0.3) is 0 Å². The van der Waals surface area contributed by atoms with Gasteiger partial charge in [-0.25, -0.2) is 8.42 Å². The van der Waals surface area contributed by atoms with Crippen molar-refractivity contribution in [2.75, 3.05) is 31.1 Å². The van der Waals surface area contributed by atoms with Crippen LogP contribution in [0.5, 0.6) is 0 Å². The topological polar surface area (TPSA) is 37.4 Å². The largest absolute Gasteiger partial charge is 0.302 e. The highest BCUT2D eigenvalue weighted by Crippen LogP contribution is 2.58.